The first-order valence-corrected chi connectivity index (χ1v) is 11.3. The molecule has 0 radical (unpaired) electrons. The van der Waals surface area contributed by atoms with E-state index in [0.717, 1.165) is 31.2 Å². The Balaban J connectivity index is 1.40. The number of nitrogens with zero attached hydrogens (tertiary/aromatic N) is 1. The topological polar surface area (TPSA) is 76.1 Å². The van der Waals surface area contributed by atoms with Crippen molar-refractivity contribution in [2.45, 2.75) is 51.2 Å². The maximum Gasteiger partial charge on any atom is 0.326 e. The van der Waals surface area contributed by atoms with E-state index in [1.165, 1.54) is 17.4 Å². The van der Waals surface area contributed by atoms with Crippen LogP contribution in [0.4, 0.5) is 0 Å². The van der Waals surface area contributed by atoms with Crippen molar-refractivity contribution in [2.75, 3.05) is 6.54 Å². The van der Waals surface area contributed by atoms with Crippen LogP contribution in [0, 0.1) is 5.92 Å². The van der Waals surface area contributed by atoms with Gasteiger partial charge in [-0.25, -0.2) is 4.79 Å². The Hall–Kier alpha value is -3.28. The molecule has 1 unspecified atom stereocenters. The van der Waals surface area contributed by atoms with Crippen molar-refractivity contribution in [3.63, 3.8) is 0 Å². The molecule has 6 heteroatoms. The molecule has 1 aliphatic carbocycles. The lowest BCUT2D eigenvalue weighted by molar-refractivity contribution is -0.148. The summed E-state index contributed by atoms with van der Waals surface area (Å²) in [5.41, 5.74) is 1.04. The SMILES string of the molecule is O=C(O)C(CC1CCCCC1)N1CC(Oc2ccccc2OCc2ccccc2)=CC1=O. The van der Waals surface area contributed by atoms with E-state index in [1.807, 2.05) is 48.5 Å². The summed E-state index contributed by atoms with van der Waals surface area (Å²) >= 11 is 0. The molecular weight excluding hydrogens is 406 g/mol. The molecule has 168 valence electrons. The fraction of sp³-hybridized carbons (Fsp3) is 0.385. The zero-order chi connectivity index (χ0) is 22.3. The lowest BCUT2D eigenvalue weighted by Crippen LogP contribution is -2.44. The fourth-order valence-corrected chi connectivity index (χ4v) is 4.47. The number of amides is 1. The van der Waals surface area contributed by atoms with Crippen LogP contribution in [0.15, 0.2) is 66.4 Å². The van der Waals surface area contributed by atoms with E-state index in [1.54, 1.807) is 6.07 Å². The molecule has 32 heavy (non-hydrogen) atoms. The second kappa shape index (κ2) is 10.4. The smallest absolute Gasteiger partial charge is 0.326 e. The summed E-state index contributed by atoms with van der Waals surface area (Å²) in [4.78, 5) is 26.0. The van der Waals surface area contributed by atoms with Crippen molar-refractivity contribution in [3.8, 4) is 11.5 Å². The van der Waals surface area contributed by atoms with Gasteiger partial charge in [-0.2, -0.15) is 0 Å². The standard InChI is InChI=1S/C26H29NO5/c28-25-16-21(17-27(25)22(26(29)30)15-19-9-3-1-4-10-19)32-24-14-8-7-13-23(24)31-18-20-11-5-2-6-12-20/h2,5-8,11-14,16,19,22H,1,3-4,9-10,15,17-18H2,(H,29,30). The molecule has 1 fully saturated rings. The first-order valence-electron chi connectivity index (χ1n) is 11.3. The van der Waals surface area contributed by atoms with Crippen LogP contribution in [0.2, 0.25) is 0 Å². The molecule has 1 saturated carbocycles. The van der Waals surface area contributed by atoms with Crippen LogP contribution in [0.3, 0.4) is 0 Å². The van der Waals surface area contributed by atoms with Gasteiger partial charge in [0, 0.05) is 6.08 Å². The number of hydrogen-bond acceptors (Lipinski definition) is 4. The molecule has 4 rings (SSSR count). The van der Waals surface area contributed by atoms with Crippen LogP contribution in [-0.2, 0) is 16.2 Å². The second-order valence-corrected chi connectivity index (χ2v) is 8.49. The van der Waals surface area contributed by atoms with Crippen LogP contribution < -0.4 is 9.47 Å². The highest BCUT2D eigenvalue weighted by Gasteiger charge is 2.36. The van der Waals surface area contributed by atoms with Crippen LogP contribution in [0.5, 0.6) is 11.5 Å². The average Bonchev–Trinajstić information content (AvgIpc) is 3.17. The Morgan fingerprint density at radius 3 is 2.41 bits per heavy atom. The number of carboxylic acid groups (broad SMARTS) is 1. The third kappa shape index (κ3) is 5.49. The zero-order valence-corrected chi connectivity index (χ0v) is 18.1. The van der Waals surface area contributed by atoms with Gasteiger partial charge in [-0.05, 0) is 30.0 Å². The highest BCUT2D eigenvalue weighted by atomic mass is 16.5. The summed E-state index contributed by atoms with van der Waals surface area (Å²) in [5.74, 6) is 0.593. The van der Waals surface area contributed by atoms with Crippen molar-refractivity contribution < 1.29 is 24.2 Å². The first-order chi connectivity index (χ1) is 15.6. The van der Waals surface area contributed by atoms with Gasteiger partial charge in [-0.3, -0.25) is 4.79 Å². The van der Waals surface area contributed by atoms with E-state index in [-0.39, 0.29) is 12.5 Å². The molecule has 2 aliphatic rings. The van der Waals surface area contributed by atoms with E-state index in [0.29, 0.717) is 36.2 Å². The quantitative estimate of drug-likeness (QED) is 0.613. The summed E-state index contributed by atoms with van der Waals surface area (Å²) in [6.45, 7) is 0.545. The number of aliphatic carboxylic acids is 1. The Morgan fingerprint density at radius 1 is 1.00 bits per heavy atom. The van der Waals surface area contributed by atoms with E-state index < -0.39 is 12.0 Å². The van der Waals surface area contributed by atoms with Gasteiger partial charge < -0.3 is 19.5 Å². The molecule has 0 spiro atoms. The average molecular weight is 436 g/mol. The number of ether oxygens (including phenoxy) is 2. The summed E-state index contributed by atoms with van der Waals surface area (Å²) in [7, 11) is 0. The van der Waals surface area contributed by atoms with Crippen molar-refractivity contribution in [3.05, 3.63) is 72.0 Å². The number of carbonyl (C=O) groups excluding carboxylic acids is 1. The maximum atomic E-state index is 12.6. The lowest BCUT2D eigenvalue weighted by Gasteiger charge is -2.30. The number of carboxylic acids is 1. The molecule has 1 heterocycles. The fourth-order valence-electron chi connectivity index (χ4n) is 4.47. The lowest BCUT2D eigenvalue weighted by atomic mass is 9.84. The Bertz CT molecular complexity index is 965. The van der Waals surface area contributed by atoms with E-state index in [4.69, 9.17) is 9.47 Å². The predicted octanol–water partition coefficient (Wildman–Crippen LogP) is 4.79. The highest BCUT2D eigenvalue weighted by Crippen LogP contribution is 2.32. The van der Waals surface area contributed by atoms with Crippen LogP contribution in [0.25, 0.3) is 0 Å². The van der Waals surface area contributed by atoms with Gasteiger partial charge in [0.05, 0.1) is 6.54 Å². The molecule has 1 aliphatic heterocycles. The van der Waals surface area contributed by atoms with Gasteiger partial charge in [-0.1, -0.05) is 74.6 Å². The monoisotopic (exact) mass is 435 g/mol. The minimum atomic E-state index is -0.954. The minimum absolute atomic E-state index is 0.148. The molecule has 0 aromatic heterocycles. The molecule has 2 aromatic rings. The largest absolute Gasteiger partial charge is 0.485 e. The van der Waals surface area contributed by atoms with E-state index in [9.17, 15) is 14.7 Å². The summed E-state index contributed by atoms with van der Waals surface area (Å²) in [6, 6.07) is 16.3. The third-order valence-electron chi connectivity index (χ3n) is 6.16. The first kappa shape index (κ1) is 21.9. The summed E-state index contributed by atoms with van der Waals surface area (Å²) in [6.07, 6.45) is 7.45. The van der Waals surface area contributed by atoms with Crippen LogP contribution in [0.1, 0.15) is 44.1 Å². The molecule has 1 amide bonds. The number of hydrogen-bond donors (Lipinski definition) is 1. The third-order valence-corrected chi connectivity index (χ3v) is 6.16. The number of carbonyl (C=O) groups is 2. The van der Waals surface area contributed by atoms with Gasteiger partial charge >= 0.3 is 5.97 Å². The Kier molecular flexibility index (Phi) is 7.10. The molecule has 6 nitrogen and oxygen atoms in total. The maximum absolute atomic E-state index is 12.6. The molecule has 1 atom stereocenters. The van der Waals surface area contributed by atoms with E-state index >= 15 is 0 Å². The van der Waals surface area contributed by atoms with Crippen LogP contribution in [-0.4, -0.2) is 34.5 Å². The van der Waals surface area contributed by atoms with Gasteiger partial charge in [0.1, 0.15) is 18.4 Å². The van der Waals surface area contributed by atoms with E-state index in [2.05, 4.69) is 0 Å². The van der Waals surface area contributed by atoms with Gasteiger partial charge in [0.15, 0.2) is 11.5 Å². The second-order valence-electron chi connectivity index (χ2n) is 8.49. The summed E-state index contributed by atoms with van der Waals surface area (Å²) < 4.78 is 11.9. The number of benzene rings is 2. The van der Waals surface area contributed by atoms with Crippen molar-refractivity contribution >= 4 is 11.9 Å². The van der Waals surface area contributed by atoms with Gasteiger partial charge in [0.2, 0.25) is 0 Å². The predicted molar refractivity (Wildman–Crippen MR) is 120 cm³/mol. The zero-order valence-electron chi connectivity index (χ0n) is 18.1. The highest BCUT2D eigenvalue weighted by molar-refractivity contribution is 5.94. The number of para-hydroxylation sites is 2. The van der Waals surface area contributed by atoms with Crippen molar-refractivity contribution in [1.82, 2.24) is 4.90 Å². The molecule has 2 aromatic carbocycles. The minimum Gasteiger partial charge on any atom is -0.485 e. The molecule has 0 bridgehead atoms. The summed E-state index contributed by atoms with van der Waals surface area (Å²) in [5, 5.41) is 9.80. The molecule has 1 N–H and O–H groups in total. The Labute approximate surface area is 188 Å². The van der Waals surface area contributed by atoms with Gasteiger partial charge in [0.25, 0.3) is 5.91 Å². The molecule has 0 saturated heterocycles. The van der Waals surface area contributed by atoms with Crippen molar-refractivity contribution in [1.29, 1.82) is 0 Å². The molecular formula is C26H29NO5. The van der Waals surface area contributed by atoms with Gasteiger partial charge in [-0.15, -0.1) is 0 Å². The number of rotatable bonds is 9. The normalized spacial score (nSPS) is 17.7. The van der Waals surface area contributed by atoms with Crippen molar-refractivity contribution in [2.24, 2.45) is 5.92 Å². The van der Waals surface area contributed by atoms with Crippen LogP contribution >= 0.6 is 0 Å². The Morgan fingerprint density at radius 2 is 1.69 bits per heavy atom.